The number of nitrogens with zero attached hydrogens (tertiary/aromatic N) is 1. The van der Waals surface area contributed by atoms with Gasteiger partial charge < -0.3 is 9.84 Å². The Kier molecular flexibility index (Phi) is 3.42. The molecule has 0 aliphatic carbocycles. The predicted octanol–water partition coefficient (Wildman–Crippen LogP) is 1.77. The summed E-state index contributed by atoms with van der Waals surface area (Å²) < 4.78 is 5.18. The Morgan fingerprint density at radius 3 is 2.44 bits per heavy atom. The van der Waals surface area contributed by atoms with Gasteiger partial charge >= 0.3 is 12.1 Å². The Balaban J connectivity index is 2.80. The van der Waals surface area contributed by atoms with Crippen LogP contribution in [-0.2, 0) is 9.53 Å². The van der Waals surface area contributed by atoms with Crippen LogP contribution in [0.1, 0.15) is 27.7 Å². The van der Waals surface area contributed by atoms with Gasteiger partial charge in [-0.05, 0) is 27.7 Å². The summed E-state index contributed by atoms with van der Waals surface area (Å²) in [5.74, 6) is -0.248. The molecule has 92 valence electrons. The molecule has 0 bridgehead atoms. The standard InChI is InChI=1S/C10H17NO4S/c1-9(2,3)15-8(14)11-6-16-5-10(11,4)7(12)13/h5-6H2,1-4H3,(H,12,13). The van der Waals surface area contributed by atoms with Crippen molar-refractivity contribution in [3.63, 3.8) is 0 Å². The molecular weight excluding hydrogens is 230 g/mol. The fraction of sp³-hybridized carbons (Fsp3) is 0.800. The van der Waals surface area contributed by atoms with Crippen LogP contribution < -0.4 is 0 Å². The van der Waals surface area contributed by atoms with Crippen LogP contribution in [0.25, 0.3) is 0 Å². The number of amides is 1. The minimum Gasteiger partial charge on any atom is -0.479 e. The molecule has 1 aliphatic heterocycles. The molecular formula is C10H17NO4S. The van der Waals surface area contributed by atoms with E-state index in [9.17, 15) is 9.59 Å². The van der Waals surface area contributed by atoms with Crippen LogP contribution in [0.5, 0.6) is 0 Å². The molecule has 0 radical (unpaired) electrons. The molecule has 1 rings (SSSR count). The average Bonchev–Trinajstić information content (AvgIpc) is 2.45. The van der Waals surface area contributed by atoms with Crippen molar-refractivity contribution in [3.05, 3.63) is 0 Å². The van der Waals surface area contributed by atoms with Gasteiger partial charge in [-0.3, -0.25) is 4.90 Å². The monoisotopic (exact) mass is 247 g/mol. The third kappa shape index (κ3) is 2.61. The first-order valence-corrected chi connectivity index (χ1v) is 6.14. The normalized spacial score (nSPS) is 25.6. The van der Waals surface area contributed by atoms with E-state index in [0.29, 0.717) is 11.6 Å². The van der Waals surface area contributed by atoms with Crippen molar-refractivity contribution in [1.29, 1.82) is 0 Å². The lowest BCUT2D eigenvalue weighted by molar-refractivity contribution is -0.147. The molecule has 0 aromatic carbocycles. The Labute approximate surface area is 99.1 Å². The number of aliphatic carboxylic acids is 1. The predicted molar refractivity (Wildman–Crippen MR) is 61.4 cm³/mol. The Bertz CT molecular complexity index is 312. The second kappa shape index (κ2) is 4.16. The zero-order valence-electron chi connectivity index (χ0n) is 9.94. The van der Waals surface area contributed by atoms with Crippen LogP contribution in [0, 0.1) is 0 Å². The number of carbonyl (C=O) groups is 2. The third-order valence-corrected chi connectivity index (χ3v) is 3.48. The number of hydrogen-bond donors (Lipinski definition) is 1. The summed E-state index contributed by atoms with van der Waals surface area (Å²) in [6.45, 7) is 6.81. The lowest BCUT2D eigenvalue weighted by Crippen LogP contribution is -2.53. The number of carboxylic acids is 1. The highest BCUT2D eigenvalue weighted by Gasteiger charge is 2.48. The number of ether oxygens (including phenoxy) is 1. The molecule has 1 N–H and O–H groups in total. The highest BCUT2D eigenvalue weighted by molar-refractivity contribution is 7.99. The van der Waals surface area contributed by atoms with Crippen molar-refractivity contribution in [3.8, 4) is 0 Å². The van der Waals surface area contributed by atoms with Crippen LogP contribution >= 0.6 is 11.8 Å². The Morgan fingerprint density at radius 2 is 2.00 bits per heavy atom. The van der Waals surface area contributed by atoms with Crippen molar-refractivity contribution in [2.75, 3.05) is 11.6 Å². The molecule has 1 unspecified atom stereocenters. The van der Waals surface area contributed by atoms with Gasteiger partial charge in [-0.2, -0.15) is 0 Å². The Morgan fingerprint density at radius 1 is 1.44 bits per heavy atom. The first-order chi connectivity index (χ1) is 7.17. The minimum absolute atomic E-state index is 0.359. The Hall–Kier alpha value is -0.910. The summed E-state index contributed by atoms with van der Waals surface area (Å²) in [6.07, 6.45) is -0.567. The molecule has 1 atom stereocenters. The van der Waals surface area contributed by atoms with Gasteiger partial charge in [-0.15, -0.1) is 11.8 Å². The second-order valence-corrected chi connectivity index (χ2v) is 5.92. The van der Waals surface area contributed by atoms with E-state index in [1.54, 1.807) is 27.7 Å². The van der Waals surface area contributed by atoms with Crippen LogP contribution in [-0.4, -0.2) is 44.8 Å². The van der Waals surface area contributed by atoms with Crippen molar-refractivity contribution < 1.29 is 19.4 Å². The summed E-state index contributed by atoms with van der Waals surface area (Å²) in [7, 11) is 0. The minimum atomic E-state index is -1.16. The van der Waals surface area contributed by atoms with Crippen molar-refractivity contribution in [2.24, 2.45) is 0 Å². The highest BCUT2D eigenvalue weighted by atomic mass is 32.2. The van der Waals surface area contributed by atoms with Crippen LogP contribution in [0.3, 0.4) is 0 Å². The molecule has 1 fully saturated rings. The third-order valence-electron chi connectivity index (χ3n) is 2.27. The molecule has 1 amide bonds. The van der Waals surface area contributed by atoms with Gasteiger partial charge in [-0.25, -0.2) is 9.59 Å². The average molecular weight is 247 g/mol. The van der Waals surface area contributed by atoms with E-state index in [2.05, 4.69) is 0 Å². The van der Waals surface area contributed by atoms with Gasteiger partial charge in [-0.1, -0.05) is 0 Å². The summed E-state index contributed by atoms with van der Waals surface area (Å²) in [4.78, 5) is 24.2. The summed E-state index contributed by atoms with van der Waals surface area (Å²) in [5, 5.41) is 9.13. The lowest BCUT2D eigenvalue weighted by atomic mass is 10.0. The van der Waals surface area contributed by atoms with E-state index < -0.39 is 23.2 Å². The van der Waals surface area contributed by atoms with Crippen LogP contribution in [0.4, 0.5) is 4.79 Å². The number of rotatable bonds is 1. The molecule has 1 aliphatic rings. The first-order valence-electron chi connectivity index (χ1n) is 4.98. The summed E-state index contributed by atoms with van der Waals surface area (Å²) in [6, 6.07) is 0. The molecule has 1 heterocycles. The number of thioether (sulfide) groups is 1. The SMILES string of the molecule is CC(C)(C)OC(=O)N1CSCC1(C)C(=O)O. The first kappa shape index (κ1) is 13.2. The van der Waals surface area contributed by atoms with E-state index in [-0.39, 0.29) is 0 Å². The summed E-state index contributed by atoms with van der Waals surface area (Å²) >= 11 is 1.42. The topological polar surface area (TPSA) is 66.8 Å². The molecule has 16 heavy (non-hydrogen) atoms. The maximum atomic E-state index is 11.8. The molecule has 0 aromatic rings. The van der Waals surface area contributed by atoms with Gasteiger partial charge in [0.1, 0.15) is 5.60 Å². The quantitative estimate of drug-likeness (QED) is 0.765. The molecule has 0 saturated carbocycles. The largest absolute Gasteiger partial charge is 0.479 e. The second-order valence-electron chi connectivity index (χ2n) is 4.96. The smallest absolute Gasteiger partial charge is 0.411 e. The van der Waals surface area contributed by atoms with E-state index >= 15 is 0 Å². The van der Waals surface area contributed by atoms with Crippen molar-refractivity contribution in [2.45, 2.75) is 38.8 Å². The maximum absolute atomic E-state index is 11.8. The number of carboxylic acid groups (broad SMARTS) is 1. The molecule has 6 heteroatoms. The van der Waals surface area contributed by atoms with Gasteiger partial charge in [0.15, 0.2) is 5.54 Å². The lowest BCUT2D eigenvalue weighted by Gasteiger charge is -2.32. The van der Waals surface area contributed by atoms with E-state index in [1.165, 1.54) is 16.7 Å². The van der Waals surface area contributed by atoms with Gasteiger partial charge in [0.25, 0.3) is 0 Å². The zero-order chi connectivity index (χ0) is 12.6. The number of hydrogen-bond acceptors (Lipinski definition) is 4. The zero-order valence-corrected chi connectivity index (χ0v) is 10.8. The van der Waals surface area contributed by atoms with Crippen molar-refractivity contribution in [1.82, 2.24) is 4.90 Å². The van der Waals surface area contributed by atoms with Crippen LogP contribution in [0.2, 0.25) is 0 Å². The maximum Gasteiger partial charge on any atom is 0.411 e. The number of carbonyl (C=O) groups excluding carboxylic acids is 1. The fourth-order valence-corrected chi connectivity index (χ4v) is 2.65. The molecule has 0 aromatic heterocycles. The van der Waals surface area contributed by atoms with Gasteiger partial charge in [0.2, 0.25) is 0 Å². The van der Waals surface area contributed by atoms with Crippen molar-refractivity contribution >= 4 is 23.8 Å². The summed E-state index contributed by atoms with van der Waals surface area (Å²) in [5.41, 5.74) is -1.77. The molecule has 0 spiro atoms. The van der Waals surface area contributed by atoms with E-state index in [1.807, 2.05) is 0 Å². The highest BCUT2D eigenvalue weighted by Crippen LogP contribution is 2.32. The molecule has 5 nitrogen and oxygen atoms in total. The van der Waals surface area contributed by atoms with Crippen LogP contribution in [0.15, 0.2) is 0 Å². The van der Waals surface area contributed by atoms with Gasteiger partial charge in [0.05, 0.1) is 5.88 Å². The van der Waals surface area contributed by atoms with E-state index in [4.69, 9.17) is 9.84 Å². The van der Waals surface area contributed by atoms with Gasteiger partial charge in [0, 0.05) is 5.75 Å². The van der Waals surface area contributed by atoms with E-state index in [0.717, 1.165) is 0 Å². The fourth-order valence-electron chi connectivity index (χ4n) is 1.30. The molecule has 1 saturated heterocycles.